The summed E-state index contributed by atoms with van der Waals surface area (Å²) in [6.45, 7) is 2.16. The number of carbonyl (C=O) groups is 1. The SMILES string of the molecule is CCc1ccc([C@@H]2Nc3c(Cl)ccc(C(=O)OC)c3[C@H]3C=CC[C@@H]32)cc1. The van der Waals surface area contributed by atoms with Crippen molar-refractivity contribution in [1.29, 1.82) is 0 Å². The molecule has 2 aromatic rings. The van der Waals surface area contributed by atoms with Gasteiger partial charge in [0.25, 0.3) is 0 Å². The van der Waals surface area contributed by atoms with Crippen LogP contribution in [0.4, 0.5) is 5.69 Å². The van der Waals surface area contributed by atoms with Gasteiger partial charge in [-0.1, -0.05) is 54.9 Å². The van der Waals surface area contributed by atoms with Gasteiger partial charge < -0.3 is 10.1 Å². The number of anilines is 1. The van der Waals surface area contributed by atoms with Crippen molar-refractivity contribution in [1.82, 2.24) is 0 Å². The number of esters is 1. The van der Waals surface area contributed by atoms with Crippen LogP contribution < -0.4 is 5.32 Å². The van der Waals surface area contributed by atoms with Gasteiger partial charge >= 0.3 is 5.97 Å². The van der Waals surface area contributed by atoms with Crippen molar-refractivity contribution in [2.24, 2.45) is 5.92 Å². The highest BCUT2D eigenvalue weighted by atomic mass is 35.5. The number of hydrogen-bond acceptors (Lipinski definition) is 3. The average Bonchev–Trinajstić information content (AvgIpc) is 3.17. The lowest BCUT2D eigenvalue weighted by atomic mass is 9.75. The molecule has 0 saturated heterocycles. The summed E-state index contributed by atoms with van der Waals surface area (Å²) in [5.74, 6) is 0.205. The largest absolute Gasteiger partial charge is 0.465 e. The maximum atomic E-state index is 12.3. The fraction of sp³-hybridized carbons (Fsp3) is 0.318. The van der Waals surface area contributed by atoms with E-state index in [1.165, 1.54) is 18.2 Å². The predicted octanol–water partition coefficient (Wildman–Crippen LogP) is 5.52. The first-order valence-electron chi connectivity index (χ1n) is 9.06. The van der Waals surface area contributed by atoms with Crippen molar-refractivity contribution in [3.8, 4) is 0 Å². The highest BCUT2D eigenvalue weighted by molar-refractivity contribution is 6.33. The summed E-state index contributed by atoms with van der Waals surface area (Å²) >= 11 is 6.51. The number of rotatable bonds is 3. The first-order valence-corrected chi connectivity index (χ1v) is 9.44. The normalized spacial score (nSPS) is 23.1. The van der Waals surface area contributed by atoms with Gasteiger partial charge in [-0.05, 0) is 47.6 Å². The Hall–Kier alpha value is -2.26. The first-order chi connectivity index (χ1) is 12.6. The van der Waals surface area contributed by atoms with Crippen LogP contribution in [0.25, 0.3) is 0 Å². The van der Waals surface area contributed by atoms with Crippen LogP contribution in [0.15, 0.2) is 48.6 Å². The minimum absolute atomic E-state index is 0.162. The molecule has 1 aliphatic carbocycles. The lowest BCUT2D eigenvalue weighted by molar-refractivity contribution is 0.0598. The second-order valence-corrected chi connectivity index (χ2v) is 7.35. The van der Waals surface area contributed by atoms with Crippen LogP contribution in [0.1, 0.15) is 52.4 Å². The monoisotopic (exact) mass is 367 g/mol. The lowest BCUT2D eigenvalue weighted by Gasteiger charge is -2.38. The summed E-state index contributed by atoms with van der Waals surface area (Å²) in [6.07, 6.45) is 6.43. The Balaban J connectivity index is 1.81. The van der Waals surface area contributed by atoms with Crippen LogP contribution in [-0.4, -0.2) is 13.1 Å². The van der Waals surface area contributed by atoms with Crippen molar-refractivity contribution in [2.75, 3.05) is 12.4 Å². The number of aryl methyl sites for hydroxylation is 1. The molecule has 0 bridgehead atoms. The summed E-state index contributed by atoms with van der Waals surface area (Å²) in [6, 6.07) is 12.5. The molecule has 3 nitrogen and oxygen atoms in total. The van der Waals surface area contributed by atoms with Crippen molar-refractivity contribution in [2.45, 2.75) is 31.7 Å². The molecule has 0 saturated carbocycles. The number of fused-ring (bicyclic) bond motifs is 3. The molecule has 0 spiro atoms. The van der Waals surface area contributed by atoms with E-state index in [0.29, 0.717) is 16.5 Å². The average molecular weight is 368 g/mol. The molecule has 0 amide bonds. The van der Waals surface area contributed by atoms with Gasteiger partial charge in [0.1, 0.15) is 0 Å². The topological polar surface area (TPSA) is 38.3 Å². The Labute approximate surface area is 159 Å². The molecule has 0 unspecified atom stereocenters. The van der Waals surface area contributed by atoms with E-state index >= 15 is 0 Å². The maximum Gasteiger partial charge on any atom is 0.338 e. The molecule has 0 radical (unpaired) electrons. The van der Waals surface area contributed by atoms with Crippen LogP contribution in [0.5, 0.6) is 0 Å². The van der Waals surface area contributed by atoms with E-state index in [9.17, 15) is 4.79 Å². The molecule has 2 aromatic carbocycles. The molecular weight excluding hydrogens is 346 g/mol. The number of ether oxygens (including phenoxy) is 1. The van der Waals surface area contributed by atoms with Gasteiger partial charge in [0.05, 0.1) is 29.4 Å². The molecule has 4 heteroatoms. The van der Waals surface area contributed by atoms with E-state index in [1.807, 2.05) is 0 Å². The first kappa shape index (κ1) is 17.2. The third kappa shape index (κ3) is 2.71. The second-order valence-electron chi connectivity index (χ2n) is 6.95. The molecule has 1 aliphatic heterocycles. The predicted molar refractivity (Wildman–Crippen MR) is 105 cm³/mol. The van der Waals surface area contributed by atoms with Crippen LogP contribution in [0.3, 0.4) is 0 Å². The Morgan fingerprint density at radius 3 is 2.69 bits per heavy atom. The standard InChI is InChI=1S/C22H22ClNO2/c1-3-13-7-9-14(10-8-13)20-16-6-4-5-15(16)19-17(22(25)26-2)11-12-18(23)21(19)24-20/h4-5,7-12,15-16,20,24H,3,6H2,1-2H3/t15-,16-,20-/m0/s1. The van der Waals surface area contributed by atoms with Crippen LogP contribution in [-0.2, 0) is 11.2 Å². The summed E-state index contributed by atoms with van der Waals surface area (Å²) in [7, 11) is 1.42. The highest BCUT2D eigenvalue weighted by Gasteiger charge is 2.40. The van der Waals surface area contributed by atoms with E-state index in [4.69, 9.17) is 16.3 Å². The molecule has 2 aliphatic rings. The maximum absolute atomic E-state index is 12.3. The number of halogens is 1. The van der Waals surface area contributed by atoms with E-state index in [0.717, 1.165) is 24.1 Å². The van der Waals surface area contributed by atoms with Gasteiger partial charge in [0.15, 0.2) is 0 Å². The number of carbonyl (C=O) groups excluding carboxylic acids is 1. The zero-order valence-electron chi connectivity index (χ0n) is 15.0. The van der Waals surface area contributed by atoms with Gasteiger partial charge in [-0.2, -0.15) is 0 Å². The van der Waals surface area contributed by atoms with Gasteiger partial charge in [0, 0.05) is 5.92 Å². The molecule has 26 heavy (non-hydrogen) atoms. The van der Waals surface area contributed by atoms with E-state index < -0.39 is 0 Å². The molecule has 3 atom stereocenters. The second kappa shape index (κ2) is 6.81. The van der Waals surface area contributed by atoms with Crippen LogP contribution in [0, 0.1) is 5.92 Å². The van der Waals surface area contributed by atoms with E-state index in [2.05, 4.69) is 48.7 Å². The fourth-order valence-corrected chi connectivity index (χ4v) is 4.47. The Morgan fingerprint density at radius 1 is 1.23 bits per heavy atom. The zero-order chi connectivity index (χ0) is 18.3. The van der Waals surface area contributed by atoms with Gasteiger partial charge in [-0.3, -0.25) is 0 Å². The lowest BCUT2D eigenvalue weighted by Crippen LogP contribution is -2.30. The molecule has 0 fully saturated rings. The molecular formula is C22H22ClNO2. The summed E-state index contributed by atoms with van der Waals surface area (Å²) in [5.41, 5.74) is 5.00. The van der Waals surface area contributed by atoms with Gasteiger partial charge in [-0.15, -0.1) is 0 Å². The van der Waals surface area contributed by atoms with Crippen molar-refractivity contribution in [3.05, 3.63) is 75.8 Å². The summed E-state index contributed by atoms with van der Waals surface area (Å²) in [5, 5.41) is 4.27. The third-order valence-electron chi connectivity index (χ3n) is 5.62. The van der Waals surface area contributed by atoms with E-state index in [-0.39, 0.29) is 17.9 Å². The Morgan fingerprint density at radius 2 is 2.00 bits per heavy atom. The molecule has 0 aromatic heterocycles. The number of nitrogens with one attached hydrogen (secondary N) is 1. The molecule has 1 N–H and O–H groups in total. The van der Waals surface area contributed by atoms with Crippen LogP contribution in [0.2, 0.25) is 5.02 Å². The van der Waals surface area contributed by atoms with Crippen LogP contribution >= 0.6 is 11.6 Å². The fourth-order valence-electron chi connectivity index (χ4n) is 4.25. The van der Waals surface area contributed by atoms with Crippen molar-refractivity contribution < 1.29 is 9.53 Å². The molecule has 134 valence electrons. The minimum Gasteiger partial charge on any atom is -0.465 e. The number of hydrogen-bond donors (Lipinski definition) is 1. The molecule has 1 heterocycles. The van der Waals surface area contributed by atoms with E-state index in [1.54, 1.807) is 12.1 Å². The zero-order valence-corrected chi connectivity index (χ0v) is 15.7. The van der Waals surface area contributed by atoms with Crippen molar-refractivity contribution >= 4 is 23.3 Å². The Bertz CT molecular complexity index is 872. The summed E-state index contributed by atoms with van der Waals surface area (Å²) < 4.78 is 4.99. The van der Waals surface area contributed by atoms with Gasteiger partial charge in [0.2, 0.25) is 0 Å². The minimum atomic E-state index is -0.315. The number of allylic oxidation sites excluding steroid dienone is 2. The third-order valence-corrected chi connectivity index (χ3v) is 5.94. The Kier molecular flexibility index (Phi) is 4.49. The molecule has 4 rings (SSSR count). The smallest absolute Gasteiger partial charge is 0.338 e. The van der Waals surface area contributed by atoms with Gasteiger partial charge in [-0.25, -0.2) is 4.79 Å². The van der Waals surface area contributed by atoms with Crippen molar-refractivity contribution in [3.63, 3.8) is 0 Å². The summed E-state index contributed by atoms with van der Waals surface area (Å²) in [4.78, 5) is 12.3. The quantitative estimate of drug-likeness (QED) is 0.573. The number of methoxy groups -OCH3 is 1. The number of benzene rings is 2. The highest BCUT2D eigenvalue weighted by Crippen LogP contribution is 2.52.